The lowest BCUT2D eigenvalue weighted by atomic mass is 10.1. The van der Waals surface area contributed by atoms with Crippen molar-refractivity contribution in [3.05, 3.63) is 35.4 Å². The second kappa shape index (κ2) is 7.35. The van der Waals surface area contributed by atoms with Gasteiger partial charge in [-0.3, -0.25) is 0 Å². The quantitative estimate of drug-likeness (QED) is 0.743. The predicted octanol–water partition coefficient (Wildman–Crippen LogP) is 2.18. The summed E-state index contributed by atoms with van der Waals surface area (Å²) < 4.78 is 26.3. The zero-order valence-electron chi connectivity index (χ0n) is 10.3. The maximum absolute atomic E-state index is 13.3. The molecule has 0 aromatic heterocycles. The van der Waals surface area contributed by atoms with Crippen LogP contribution in [-0.4, -0.2) is 31.6 Å². The Morgan fingerprint density at radius 3 is 2.65 bits per heavy atom. The topological polar surface area (TPSA) is 29.3 Å². The van der Waals surface area contributed by atoms with Crippen molar-refractivity contribution in [2.45, 2.75) is 19.3 Å². The Bertz CT molecular complexity index is 342. The highest BCUT2D eigenvalue weighted by Crippen LogP contribution is 2.10. The Labute approximate surface area is 101 Å². The Balaban J connectivity index is 2.36. The van der Waals surface area contributed by atoms with Crippen LogP contribution in [0.5, 0.6) is 0 Å². The Morgan fingerprint density at radius 2 is 1.94 bits per heavy atom. The average molecular weight is 242 g/mol. The highest BCUT2D eigenvalue weighted by molar-refractivity contribution is 5.18. The molecule has 0 aliphatic rings. The Morgan fingerprint density at radius 1 is 1.18 bits per heavy atom. The molecule has 0 heterocycles. The molecular weight excluding hydrogens is 222 g/mol. The fourth-order valence-electron chi connectivity index (χ4n) is 1.68. The van der Waals surface area contributed by atoms with Gasteiger partial charge in [0.2, 0.25) is 0 Å². The lowest BCUT2D eigenvalue weighted by Crippen LogP contribution is -2.23. The number of nitrogens with two attached hydrogens (primary N) is 1. The first-order chi connectivity index (χ1) is 8.13. The number of unbranched alkanes of at least 4 members (excludes halogenated alkanes) is 1. The molecule has 0 amide bonds. The number of likely N-dealkylation sites (N-methyl/N-ethyl adjacent to an activating group) is 1. The van der Waals surface area contributed by atoms with Gasteiger partial charge in [-0.2, -0.15) is 0 Å². The molecule has 1 aromatic carbocycles. The lowest BCUT2D eigenvalue weighted by Gasteiger charge is -2.16. The van der Waals surface area contributed by atoms with Crippen LogP contribution in [0.4, 0.5) is 8.78 Å². The second-order valence-corrected chi connectivity index (χ2v) is 4.28. The Hall–Kier alpha value is -1.00. The molecule has 1 aromatic rings. The maximum Gasteiger partial charge on any atom is 0.126 e. The van der Waals surface area contributed by atoms with Crippen LogP contribution < -0.4 is 5.73 Å². The number of hydrogen-bond acceptors (Lipinski definition) is 2. The van der Waals surface area contributed by atoms with Gasteiger partial charge in [-0.25, -0.2) is 8.78 Å². The number of rotatable bonds is 7. The molecule has 2 N–H and O–H groups in total. The van der Waals surface area contributed by atoms with E-state index in [1.54, 1.807) is 0 Å². The molecule has 0 aliphatic carbocycles. The van der Waals surface area contributed by atoms with Crippen LogP contribution >= 0.6 is 0 Å². The van der Waals surface area contributed by atoms with E-state index in [9.17, 15) is 8.78 Å². The van der Waals surface area contributed by atoms with E-state index in [-0.39, 0.29) is 11.6 Å². The fourth-order valence-corrected chi connectivity index (χ4v) is 1.68. The molecule has 0 saturated carbocycles. The number of benzene rings is 1. The third-order valence-electron chi connectivity index (χ3n) is 2.76. The summed E-state index contributed by atoms with van der Waals surface area (Å²) in [5.41, 5.74) is 5.85. The lowest BCUT2D eigenvalue weighted by molar-refractivity contribution is 0.329. The predicted molar refractivity (Wildman–Crippen MR) is 65.8 cm³/mol. The molecule has 2 nitrogen and oxygen atoms in total. The van der Waals surface area contributed by atoms with Gasteiger partial charge in [0.05, 0.1) is 0 Å². The van der Waals surface area contributed by atoms with E-state index in [2.05, 4.69) is 4.90 Å². The molecule has 0 spiro atoms. The maximum atomic E-state index is 13.3. The van der Waals surface area contributed by atoms with Crippen molar-refractivity contribution in [2.24, 2.45) is 5.73 Å². The van der Waals surface area contributed by atoms with Crippen LogP contribution in [0, 0.1) is 11.6 Å². The minimum atomic E-state index is -0.382. The highest BCUT2D eigenvalue weighted by Gasteiger charge is 2.05. The van der Waals surface area contributed by atoms with Crippen LogP contribution in [0.3, 0.4) is 0 Å². The van der Waals surface area contributed by atoms with Crippen molar-refractivity contribution in [1.29, 1.82) is 0 Å². The molecule has 0 radical (unpaired) electrons. The molecule has 96 valence electrons. The van der Waals surface area contributed by atoms with E-state index in [0.29, 0.717) is 18.5 Å². The van der Waals surface area contributed by atoms with Crippen molar-refractivity contribution >= 4 is 0 Å². The normalized spacial score (nSPS) is 11.1. The Kier molecular flexibility index (Phi) is 6.08. The van der Waals surface area contributed by atoms with Gasteiger partial charge in [-0.05, 0) is 63.2 Å². The molecule has 0 saturated heterocycles. The van der Waals surface area contributed by atoms with Gasteiger partial charge < -0.3 is 10.6 Å². The number of halogens is 2. The zero-order valence-corrected chi connectivity index (χ0v) is 10.3. The van der Waals surface area contributed by atoms with Crippen LogP contribution in [0.15, 0.2) is 18.2 Å². The SMILES string of the molecule is CN(CCCCN)CCc1cc(F)ccc1F. The van der Waals surface area contributed by atoms with Crippen LogP contribution in [0.25, 0.3) is 0 Å². The van der Waals surface area contributed by atoms with Gasteiger partial charge in [-0.1, -0.05) is 0 Å². The minimum Gasteiger partial charge on any atom is -0.330 e. The summed E-state index contributed by atoms with van der Waals surface area (Å²) >= 11 is 0. The van der Waals surface area contributed by atoms with Crippen molar-refractivity contribution in [1.82, 2.24) is 4.90 Å². The molecule has 1 rings (SSSR count). The van der Waals surface area contributed by atoms with Gasteiger partial charge in [0.25, 0.3) is 0 Å². The van der Waals surface area contributed by atoms with E-state index in [1.807, 2.05) is 7.05 Å². The largest absolute Gasteiger partial charge is 0.330 e. The first-order valence-electron chi connectivity index (χ1n) is 5.96. The molecule has 0 aliphatic heterocycles. The zero-order chi connectivity index (χ0) is 12.7. The van der Waals surface area contributed by atoms with Gasteiger partial charge in [-0.15, -0.1) is 0 Å². The summed E-state index contributed by atoms with van der Waals surface area (Å²) in [6.07, 6.45) is 2.57. The van der Waals surface area contributed by atoms with Gasteiger partial charge in [0.1, 0.15) is 11.6 Å². The highest BCUT2D eigenvalue weighted by atomic mass is 19.1. The average Bonchev–Trinajstić information content (AvgIpc) is 2.31. The van der Waals surface area contributed by atoms with Gasteiger partial charge >= 0.3 is 0 Å². The third-order valence-corrected chi connectivity index (χ3v) is 2.76. The standard InChI is InChI=1S/C13H20F2N2/c1-17(8-3-2-7-16)9-6-11-10-12(14)4-5-13(11)15/h4-5,10H,2-3,6-9,16H2,1H3. The van der Waals surface area contributed by atoms with Crippen LogP contribution in [0.2, 0.25) is 0 Å². The minimum absolute atomic E-state index is 0.332. The van der Waals surface area contributed by atoms with Crippen LogP contribution in [0.1, 0.15) is 18.4 Å². The molecule has 17 heavy (non-hydrogen) atoms. The third kappa shape index (κ3) is 5.24. The molecule has 0 unspecified atom stereocenters. The number of nitrogens with zero attached hydrogens (tertiary/aromatic N) is 1. The fraction of sp³-hybridized carbons (Fsp3) is 0.538. The molecule has 4 heteroatoms. The monoisotopic (exact) mass is 242 g/mol. The second-order valence-electron chi connectivity index (χ2n) is 4.28. The summed E-state index contributed by atoms with van der Waals surface area (Å²) in [6, 6.07) is 3.59. The molecule has 0 bridgehead atoms. The van der Waals surface area contributed by atoms with E-state index in [4.69, 9.17) is 5.73 Å². The van der Waals surface area contributed by atoms with Gasteiger partial charge in [0.15, 0.2) is 0 Å². The summed E-state index contributed by atoms with van der Waals surface area (Å²) in [6.45, 7) is 2.37. The first-order valence-corrected chi connectivity index (χ1v) is 5.96. The van der Waals surface area contributed by atoms with E-state index in [0.717, 1.165) is 32.0 Å². The van der Waals surface area contributed by atoms with Crippen molar-refractivity contribution in [2.75, 3.05) is 26.7 Å². The summed E-state index contributed by atoms with van der Waals surface area (Å²) in [5.74, 6) is -0.714. The summed E-state index contributed by atoms with van der Waals surface area (Å²) in [7, 11) is 1.98. The van der Waals surface area contributed by atoms with Gasteiger partial charge in [0, 0.05) is 6.54 Å². The molecule has 0 atom stereocenters. The molecule has 0 fully saturated rings. The summed E-state index contributed by atoms with van der Waals surface area (Å²) in [5, 5.41) is 0. The van der Waals surface area contributed by atoms with Crippen LogP contribution in [-0.2, 0) is 6.42 Å². The smallest absolute Gasteiger partial charge is 0.126 e. The molecular formula is C13H20F2N2. The van der Waals surface area contributed by atoms with Crippen molar-refractivity contribution in [3.8, 4) is 0 Å². The number of hydrogen-bond donors (Lipinski definition) is 1. The van der Waals surface area contributed by atoms with Crippen molar-refractivity contribution < 1.29 is 8.78 Å². The van der Waals surface area contributed by atoms with E-state index in [1.165, 1.54) is 12.1 Å². The summed E-state index contributed by atoms with van der Waals surface area (Å²) in [4.78, 5) is 2.11. The van der Waals surface area contributed by atoms with E-state index >= 15 is 0 Å². The van der Waals surface area contributed by atoms with E-state index < -0.39 is 0 Å². The van der Waals surface area contributed by atoms with Crippen molar-refractivity contribution in [3.63, 3.8) is 0 Å². The first kappa shape index (κ1) is 14.1.